The average Bonchev–Trinajstić information content (AvgIpc) is 3.48. The molecule has 1 aromatic carbocycles. The molecule has 0 unspecified atom stereocenters. The van der Waals surface area contributed by atoms with Gasteiger partial charge in [-0.25, -0.2) is 4.39 Å². The van der Waals surface area contributed by atoms with Crippen molar-refractivity contribution in [3.05, 3.63) is 64.0 Å². The molecule has 3 saturated heterocycles. The van der Waals surface area contributed by atoms with Gasteiger partial charge in [-0.3, -0.25) is 23.9 Å². The molecule has 13 heteroatoms. The summed E-state index contributed by atoms with van der Waals surface area (Å²) < 4.78 is 26.6. The molecule has 3 N–H and O–H groups in total. The number of rotatable bonds is 6. The molecule has 3 aromatic rings. The fraction of sp³-hybridized carbons (Fsp3) is 0.448. The predicted molar refractivity (Wildman–Crippen MR) is 155 cm³/mol. The van der Waals surface area contributed by atoms with Gasteiger partial charge >= 0.3 is 7.60 Å². The molecule has 3 fully saturated rings. The van der Waals surface area contributed by atoms with E-state index in [1.807, 2.05) is 0 Å². The molecule has 222 valence electrons. The third-order valence-electron chi connectivity index (χ3n) is 8.61. The van der Waals surface area contributed by atoms with E-state index < -0.39 is 25.6 Å². The van der Waals surface area contributed by atoms with Crippen molar-refractivity contribution in [3.63, 3.8) is 0 Å². The molecule has 0 saturated carbocycles. The number of amides is 3. The lowest BCUT2D eigenvalue weighted by Crippen LogP contribution is -2.58. The van der Waals surface area contributed by atoms with Crippen LogP contribution in [-0.4, -0.2) is 73.5 Å². The van der Waals surface area contributed by atoms with E-state index in [1.54, 1.807) is 41.0 Å². The number of carbonyl (C=O) groups is 3. The van der Waals surface area contributed by atoms with Gasteiger partial charge in [0.2, 0.25) is 11.8 Å². The van der Waals surface area contributed by atoms with Crippen LogP contribution in [-0.2, 0) is 20.3 Å². The van der Waals surface area contributed by atoms with E-state index in [-0.39, 0.29) is 35.8 Å². The molecule has 0 radical (unpaired) electrons. The number of nitrogens with one attached hydrogen (secondary N) is 1. The first kappa shape index (κ1) is 28.9. The standard InChI is InChI=1S/C29H32FN4O6PS/c1-16-26(21(30)9-10-31-16)19-13-33(14-19)29(37)23-7-6-20-3-2-4-22(28(36)34(20)23)32-27(35)25-12-18-11-17(15-41(38,39)40)5-8-24(18)42-25/h5,8-12,19-20,22-23H,2-4,6-7,13-15H2,1H3,(H,32,35)(H2,38,39,40)/t20-,22-,23-/m0/s1. The fourth-order valence-electron chi connectivity index (χ4n) is 6.60. The van der Waals surface area contributed by atoms with Gasteiger partial charge in [-0.1, -0.05) is 6.07 Å². The van der Waals surface area contributed by atoms with Gasteiger partial charge in [0.1, 0.15) is 17.9 Å². The first-order chi connectivity index (χ1) is 20.0. The Bertz CT molecular complexity index is 1600. The Labute approximate surface area is 246 Å². The Morgan fingerprint density at radius 1 is 1.14 bits per heavy atom. The topological polar surface area (TPSA) is 140 Å². The van der Waals surface area contributed by atoms with E-state index in [0.29, 0.717) is 53.0 Å². The van der Waals surface area contributed by atoms with Gasteiger partial charge in [-0.2, -0.15) is 0 Å². The van der Waals surface area contributed by atoms with Crippen molar-refractivity contribution >= 4 is 46.7 Å². The predicted octanol–water partition coefficient (Wildman–Crippen LogP) is 3.69. The first-order valence-electron chi connectivity index (χ1n) is 14.1. The number of thiophene rings is 1. The lowest BCUT2D eigenvalue weighted by atomic mass is 9.89. The zero-order chi connectivity index (χ0) is 29.8. The minimum Gasteiger partial charge on any atom is -0.340 e. The van der Waals surface area contributed by atoms with Gasteiger partial charge in [0.25, 0.3) is 5.91 Å². The molecule has 42 heavy (non-hydrogen) atoms. The highest BCUT2D eigenvalue weighted by molar-refractivity contribution is 7.50. The molecule has 0 aliphatic carbocycles. The second-order valence-corrected chi connectivity index (χ2v) is 14.2. The number of pyridine rings is 1. The second kappa shape index (κ2) is 11.1. The average molecular weight is 615 g/mol. The molecular formula is C29H32FN4O6PS. The number of nitrogens with zero attached hydrogens (tertiary/aromatic N) is 3. The van der Waals surface area contributed by atoms with Gasteiger partial charge in [0.15, 0.2) is 0 Å². The van der Waals surface area contributed by atoms with Crippen LogP contribution >= 0.6 is 18.9 Å². The second-order valence-electron chi connectivity index (χ2n) is 11.5. The summed E-state index contributed by atoms with van der Waals surface area (Å²) in [6.07, 6.45) is 4.31. The summed E-state index contributed by atoms with van der Waals surface area (Å²) in [6.45, 7) is 2.53. The van der Waals surface area contributed by atoms with Crippen LogP contribution in [0.4, 0.5) is 4.39 Å². The van der Waals surface area contributed by atoms with E-state index in [9.17, 15) is 33.1 Å². The number of likely N-dealkylation sites (tertiary alicyclic amines) is 1. The number of fused-ring (bicyclic) bond motifs is 2. The largest absolute Gasteiger partial charge is 0.340 e. The summed E-state index contributed by atoms with van der Waals surface area (Å²) in [6, 6.07) is 6.61. The molecule has 3 amide bonds. The summed E-state index contributed by atoms with van der Waals surface area (Å²) >= 11 is 1.24. The van der Waals surface area contributed by atoms with Crippen LogP contribution in [0, 0.1) is 12.7 Å². The Morgan fingerprint density at radius 3 is 2.67 bits per heavy atom. The smallest absolute Gasteiger partial charge is 0.329 e. The number of halogens is 1. The minimum atomic E-state index is -4.22. The lowest BCUT2D eigenvalue weighted by Gasteiger charge is -2.43. The minimum absolute atomic E-state index is 0.0554. The van der Waals surface area contributed by atoms with E-state index in [0.717, 1.165) is 24.0 Å². The van der Waals surface area contributed by atoms with Crippen LogP contribution in [0.15, 0.2) is 36.5 Å². The molecule has 3 aliphatic rings. The van der Waals surface area contributed by atoms with Crippen LogP contribution in [0.3, 0.4) is 0 Å². The Hall–Kier alpha value is -3.18. The SMILES string of the molecule is Cc1nccc(F)c1C1CN(C(=O)[C@@H]2CC[C@@H]3CCC[C@H](NC(=O)c4cc5cc(CP(=O)(O)O)ccc5s4)C(=O)N32)C1. The highest BCUT2D eigenvalue weighted by atomic mass is 32.1. The highest BCUT2D eigenvalue weighted by Gasteiger charge is 2.48. The lowest BCUT2D eigenvalue weighted by molar-refractivity contribution is -0.148. The number of aryl methyl sites for hydroxylation is 1. The summed E-state index contributed by atoms with van der Waals surface area (Å²) in [5.41, 5.74) is 1.64. The van der Waals surface area contributed by atoms with Crippen LogP contribution in [0.1, 0.15) is 64.5 Å². The van der Waals surface area contributed by atoms with Crippen LogP contribution < -0.4 is 5.32 Å². The molecule has 2 aromatic heterocycles. The number of benzene rings is 1. The summed E-state index contributed by atoms with van der Waals surface area (Å²) in [5, 5.41) is 3.59. The van der Waals surface area contributed by atoms with Crippen LogP contribution in [0.5, 0.6) is 0 Å². The first-order valence-corrected chi connectivity index (χ1v) is 16.7. The Morgan fingerprint density at radius 2 is 1.93 bits per heavy atom. The van der Waals surface area contributed by atoms with Crippen molar-refractivity contribution in [3.8, 4) is 0 Å². The number of aromatic nitrogens is 1. The number of hydrogen-bond donors (Lipinski definition) is 3. The Balaban J connectivity index is 1.13. The van der Waals surface area contributed by atoms with Gasteiger partial charge < -0.3 is 24.9 Å². The van der Waals surface area contributed by atoms with E-state index in [1.165, 1.54) is 23.6 Å². The molecule has 0 spiro atoms. The molecule has 6 rings (SSSR count). The van der Waals surface area contributed by atoms with Crippen molar-refractivity contribution in [1.82, 2.24) is 20.1 Å². The van der Waals surface area contributed by atoms with Crippen molar-refractivity contribution in [2.24, 2.45) is 0 Å². The highest BCUT2D eigenvalue weighted by Crippen LogP contribution is 2.40. The quantitative estimate of drug-likeness (QED) is 0.360. The molecule has 3 atom stereocenters. The van der Waals surface area contributed by atoms with Gasteiger partial charge in [0, 0.05) is 47.2 Å². The van der Waals surface area contributed by atoms with Gasteiger partial charge in [0.05, 0.1) is 11.0 Å². The van der Waals surface area contributed by atoms with Crippen molar-refractivity contribution < 1.29 is 33.1 Å². The van der Waals surface area contributed by atoms with Crippen molar-refractivity contribution in [2.45, 2.75) is 69.2 Å². The normalized spacial score (nSPS) is 23.0. The number of carbonyl (C=O) groups excluding carboxylic acids is 3. The van der Waals surface area contributed by atoms with Crippen LogP contribution in [0.2, 0.25) is 0 Å². The van der Waals surface area contributed by atoms with Crippen molar-refractivity contribution in [1.29, 1.82) is 0 Å². The summed E-state index contributed by atoms with van der Waals surface area (Å²) in [4.78, 5) is 67.1. The van der Waals surface area contributed by atoms with Crippen molar-refractivity contribution in [2.75, 3.05) is 13.1 Å². The van der Waals surface area contributed by atoms with E-state index >= 15 is 0 Å². The zero-order valence-corrected chi connectivity index (χ0v) is 24.7. The molecule has 10 nitrogen and oxygen atoms in total. The summed E-state index contributed by atoms with van der Waals surface area (Å²) in [5.74, 6) is -1.22. The van der Waals surface area contributed by atoms with E-state index in [2.05, 4.69) is 10.3 Å². The maximum Gasteiger partial charge on any atom is 0.329 e. The third kappa shape index (κ3) is 5.60. The molecule has 5 heterocycles. The van der Waals surface area contributed by atoms with E-state index in [4.69, 9.17) is 0 Å². The van der Waals surface area contributed by atoms with Gasteiger partial charge in [-0.15, -0.1) is 11.3 Å². The maximum atomic E-state index is 14.4. The van der Waals surface area contributed by atoms with Gasteiger partial charge in [-0.05, 0) is 74.2 Å². The Kier molecular flexibility index (Phi) is 7.67. The maximum absolute atomic E-state index is 14.4. The number of hydrogen-bond acceptors (Lipinski definition) is 6. The molecule has 3 aliphatic heterocycles. The summed E-state index contributed by atoms with van der Waals surface area (Å²) in [7, 11) is -4.22. The third-order valence-corrected chi connectivity index (χ3v) is 10.5. The fourth-order valence-corrected chi connectivity index (χ4v) is 8.22. The molecule has 0 bridgehead atoms. The van der Waals surface area contributed by atoms with Crippen LogP contribution in [0.25, 0.3) is 10.1 Å². The zero-order valence-electron chi connectivity index (χ0n) is 23.0. The molecular weight excluding hydrogens is 582 g/mol. The monoisotopic (exact) mass is 614 g/mol.